The molecule has 0 aliphatic carbocycles. The number of hydrogen-bond donors (Lipinski definition) is 0. The largest absolute Gasteiger partial charge is 0.233 e. The molecule has 3 nitrogen and oxygen atoms in total. The molecule has 96 valence electrons. The fraction of sp³-hybridized carbons (Fsp3) is 0.250. The van der Waals surface area contributed by atoms with Crippen LogP contribution >= 0.6 is 0 Å². The lowest BCUT2D eigenvalue weighted by molar-refractivity contribution is 0.870. The van der Waals surface area contributed by atoms with Crippen molar-refractivity contribution in [1.29, 1.82) is 0 Å². The summed E-state index contributed by atoms with van der Waals surface area (Å²) in [6.07, 6.45) is 0. The maximum Gasteiger partial charge on any atom is 0.163 e. The van der Waals surface area contributed by atoms with E-state index in [4.69, 9.17) is 0 Å². The number of aryl methyl sites for hydroxylation is 4. The van der Waals surface area contributed by atoms with E-state index in [0.717, 1.165) is 28.3 Å². The van der Waals surface area contributed by atoms with Gasteiger partial charge in [-0.2, -0.15) is 5.10 Å². The van der Waals surface area contributed by atoms with Crippen LogP contribution in [-0.2, 0) is 0 Å². The Labute approximate surface area is 112 Å². The van der Waals surface area contributed by atoms with E-state index >= 15 is 0 Å². The van der Waals surface area contributed by atoms with Gasteiger partial charge < -0.3 is 0 Å². The second kappa shape index (κ2) is 4.19. The molecule has 3 rings (SSSR count). The number of rotatable bonds is 1. The van der Waals surface area contributed by atoms with E-state index in [2.05, 4.69) is 54.3 Å². The third kappa shape index (κ3) is 1.91. The van der Waals surface area contributed by atoms with Crippen LogP contribution in [0.2, 0.25) is 0 Å². The Bertz CT molecular complexity index is 752. The van der Waals surface area contributed by atoms with Gasteiger partial charge in [0, 0.05) is 17.0 Å². The summed E-state index contributed by atoms with van der Waals surface area (Å²) < 4.78 is 1.93. The molecule has 1 aromatic carbocycles. The molecule has 0 N–H and O–H groups in total. The highest BCUT2D eigenvalue weighted by Gasteiger charge is 2.14. The van der Waals surface area contributed by atoms with Crippen LogP contribution in [0.25, 0.3) is 16.8 Å². The highest BCUT2D eigenvalue weighted by atomic mass is 15.3. The van der Waals surface area contributed by atoms with Gasteiger partial charge in [0.15, 0.2) is 5.65 Å². The highest BCUT2D eigenvalue weighted by molar-refractivity contribution is 5.80. The summed E-state index contributed by atoms with van der Waals surface area (Å²) in [5.41, 5.74) is 7.67. The topological polar surface area (TPSA) is 30.2 Å². The summed E-state index contributed by atoms with van der Waals surface area (Å²) in [7, 11) is 0. The van der Waals surface area contributed by atoms with Crippen molar-refractivity contribution < 1.29 is 0 Å². The number of aromatic nitrogens is 3. The first-order valence-electron chi connectivity index (χ1n) is 6.47. The molecule has 0 radical (unpaired) electrons. The normalized spacial score (nSPS) is 11.2. The van der Waals surface area contributed by atoms with Crippen molar-refractivity contribution in [3.8, 4) is 11.1 Å². The zero-order chi connectivity index (χ0) is 13.6. The molecule has 3 heteroatoms. The number of benzene rings is 1. The average molecular weight is 251 g/mol. The van der Waals surface area contributed by atoms with Gasteiger partial charge in [-0.25, -0.2) is 9.50 Å². The Morgan fingerprint density at radius 1 is 0.947 bits per heavy atom. The third-order valence-electron chi connectivity index (χ3n) is 3.41. The van der Waals surface area contributed by atoms with E-state index in [9.17, 15) is 0 Å². The highest BCUT2D eigenvalue weighted by Crippen LogP contribution is 2.28. The van der Waals surface area contributed by atoms with Crippen LogP contribution in [0.3, 0.4) is 0 Å². The Hall–Kier alpha value is -2.16. The van der Waals surface area contributed by atoms with Gasteiger partial charge in [-0.3, -0.25) is 0 Å². The minimum Gasteiger partial charge on any atom is -0.233 e. The molecule has 2 heterocycles. The standard InChI is InChI=1S/C16H17N3/c1-10-5-7-14(8-6-10)15-13(4)18-19-12(3)9-11(2)17-16(15)19/h5-9H,1-4H3. The van der Waals surface area contributed by atoms with Crippen LogP contribution in [-0.4, -0.2) is 14.6 Å². The molecule has 0 aliphatic heterocycles. The van der Waals surface area contributed by atoms with Gasteiger partial charge >= 0.3 is 0 Å². The Balaban J connectivity index is 2.34. The van der Waals surface area contributed by atoms with Crippen molar-refractivity contribution in [1.82, 2.24) is 14.6 Å². The van der Waals surface area contributed by atoms with Gasteiger partial charge in [-0.05, 0) is 39.3 Å². The molecule has 0 amide bonds. The van der Waals surface area contributed by atoms with Crippen LogP contribution in [0.15, 0.2) is 30.3 Å². The van der Waals surface area contributed by atoms with E-state index in [1.807, 2.05) is 18.4 Å². The van der Waals surface area contributed by atoms with E-state index < -0.39 is 0 Å². The van der Waals surface area contributed by atoms with Crippen LogP contribution in [0, 0.1) is 27.7 Å². The zero-order valence-electron chi connectivity index (χ0n) is 11.7. The van der Waals surface area contributed by atoms with Gasteiger partial charge in [0.2, 0.25) is 0 Å². The molecule has 0 unspecified atom stereocenters. The molecular formula is C16H17N3. The van der Waals surface area contributed by atoms with Gasteiger partial charge in [0.25, 0.3) is 0 Å². The van der Waals surface area contributed by atoms with E-state index in [-0.39, 0.29) is 0 Å². The molecule has 0 bridgehead atoms. The van der Waals surface area contributed by atoms with Crippen molar-refractivity contribution in [2.45, 2.75) is 27.7 Å². The molecule has 19 heavy (non-hydrogen) atoms. The van der Waals surface area contributed by atoms with Crippen molar-refractivity contribution in [3.05, 3.63) is 53.0 Å². The monoisotopic (exact) mass is 251 g/mol. The molecule has 0 saturated carbocycles. The molecule has 0 saturated heterocycles. The summed E-state index contributed by atoms with van der Waals surface area (Å²) in [5, 5.41) is 4.61. The van der Waals surface area contributed by atoms with Gasteiger partial charge in [-0.15, -0.1) is 0 Å². The molecule has 0 fully saturated rings. The van der Waals surface area contributed by atoms with Gasteiger partial charge in [0.05, 0.1) is 5.69 Å². The van der Waals surface area contributed by atoms with Crippen LogP contribution < -0.4 is 0 Å². The molecule has 2 aromatic heterocycles. The second-order valence-electron chi connectivity index (χ2n) is 5.10. The smallest absolute Gasteiger partial charge is 0.163 e. The Morgan fingerprint density at radius 3 is 2.32 bits per heavy atom. The summed E-state index contributed by atoms with van der Waals surface area (Å²) >= 11 is 0. The summed E-state index contributed by atoms with van der Waals surface area (Å²) in [6, 6.07) is 10.6. The maximum absolute atomic E-state index is 4.66. The number of nitrogens with zero attached hydrogens (tertiary/aromatic N) is 3. The van der Waals surface area contributed by atoms with E-state index in [1.165, 1.54) is 11.1 Å². The molecule has 0 atom stereocenters. The second-order valence-corrected chi connectivity index (χ2v) is 5.10. The fourth-order valence-corrected chi connectivity index (χ4v) is 2.49. The van der Waals surface area contributed by atoms with Crippen LogP contribution in [0.4, 0.5) is 0 Å². The SMILES string of the molecule is Cc1ccc(-c2c(C)nn3c(C)cc(C)nc23)cc1. The lowest BCUT2D eigenvalue weighted by Gasteiger charge is -2.03. The molecule has 3 aromatic rings. The number of fused-ring (bicyclic) bond motifs is 1. The minimum absolute atomic E-state index is 0.943. The lowest BCUT2D eigenvalue weighted by atomic mass is 10.0. The van der Waals surface area contributed by atoms with Crippen molar-refractivity contribution >= 4 is 5.65 Å². The summed E-state index contributed by atoms with van der Waals surface area (Å²) in [4.78, 5) is 4.66. The summed E-state index contributed by atoms with van der Waals surface area (Å²) in [6.45, 7) is 8.22. The minimum atomic E-state index is 0.943. The van der Waals surface area contributed by atoms with Gasteiger partial charge in [0.1, 0.15) is 0 Å². The van der Waals surface area contributed by atoms with Crippen LogP contribution in [0.1, 0.15) is 22.6 Å². The predicted molar refractivity (Wildman–Crippen MR) is 77.4 cm³/mol. The van der Waals surface area contributed by atoms with Crippen molar-refractivity contribution in [2.75, 3.05) is 0 Å². The average Bonchev–Trinajstić information content (AvgIpc) is 2.67. The first-order valence-corrected chi connectivity index (χ1v) is 6.47. The first kappa shape index (κ1) is 11.9. The quantitative estimate of drug-likeness (QED) is 0.661. The van der Waals surface area contributed by atoms with Gasteiger partial charge in [-0.1, -0.05) is 29.8 Å². The lowest BCUT2D eigenvalue weighted by Crippen LogP contribution is -1.97. The van der Waals surface area contributed by atoms with Crippen molar-refractivity contribution in [3.63, 3.8) is 0 Å². The maximum atomic E-state index is 4.66. The molecule has 0 aliphatic rings. The predicted octanol–water partition coefficient (Wildman–Crippen LogP) is 3.63. The molecular weight excluding hydrogens is 234 g/mol. The Morgan fingerprint density at radius 2 is 1.63 bits per heavy atom. The van der Waals surface area contributed by atoms with Crippen LogP contribution in [0.5, 0.6) is 0 Å². The van der Waals surface area contributed by atoms with E-state index in [0.29, 0.717) is 0 Å². The fourth-order valence-electron chi connectivity index (χ4n) is 2.49. The van der Waals surface area contributed by atoms with E-state index in [1.54, 1.807) is 0 Å². The molecule has 0 spiro atoms. The third-order valence-corrected chi connectivity index (χ3v) is 3.41. The number of hydrogen-bond acceptors (Lipinski definition) is 2. The van der Waals surface area contributed by atoms with Crippen molar-refractivity contribution in [2.24, 2.45) is 0 Å². The zero-order valence-corrected chi connectivity index (χ0v) is 11.7. The Kier molecular flexibility index (Phi) is 2.63. The first-order chi connectivity index (χ1) is 9.06. The summed E-state index contributed by atoms with van der Waals surface area (Å²) in [5.74, 6) is 0.